The molecular weight excluding hydrogens is 264 g/mol. The van der Waals surface area contributed by atoms with Crippen molar-refractivity contribution in [2.45, 2.75) is 6.92 Å². The zero-order valence-corrected chi connectivity index (χ0v) is 11.4. The summed E-state index contributed by atoms with van der Waals surface area (Å²) in [5.41, 5.74) is 1.89. The minimum Gasteiger partial charge on any atom is -0.495 e. The van der Waals surface area contributed by atoms with Crippen LogP contribution in [0.15, 0.2) is 36.7 Å². The maximum Gasteiger partial charge on any atom is 0.257 e. The standard InChI is InChI=1S/C14H13ClN2O2/c1-9-6-13(19-2)12(7-11(9)15)17-14(18)10-4-3-5-16-8-10/h3-8H,1-2H3,(H,17,18). The van der Waals surface area contributed by atoms with Gasteiger partial charge in [-0.05, 0) is 36.8 Å². The molecule has 0 saturated carbocycles. The molecule has 0 spiro atoms. The molecule has 5 heteroatoms. The van der Waals surface area contributed by atoms with E-state index in [1.165, 1.54) is 6.20 Å². The van der Waals surface area contributed by atoms with Gasteiger partial charge in [-0.15, -0.1) is 0 Å². The first-order valence-corrected chi connectivity index (χ1v) is 6.05. The number of aromatic nitrogens is 1. The number of carbonyl (C=O) groups excluding carboxylic acids is 1. The molecule has 0 radical (unpaired) electrons. The van der Waals surface area contributed by atoms with Crippen LogP contribution in [0.2, 0.25) is 5.02 Å². The lowest BCUT2D eigenvalue weighted by Gasteiger charge is -2.12. The lowest BCUT2D eigenvalue weighted by Crippen LogP contribution is -2.13. The lowest BCUT2D eigenvalue weighted by molar-refractivity contribution is 0.102. The Labute approximate surface area is 116 Å². The van der Waals surface area contributed by atoms with Crippen LogP contribution in [0, 0.1) is 6.92 Å². The van der Waals surface area contributed by atoms with Gasteiger partial charge in [-0.3, -0.25) is 9.78 Å². The predicted octanol–water partition coefficient (Wildman–Crippen LogP) is 3.30. The van der Waals surface area contributed by atoms with Crippen LogP contribution < -0.4 is 10.1 Å². The molecule has 0 saturated heterocycles. The molecule has 0 aliphatic heterocycles. The number of aryl methyl sites for hydroxylation is 1. The molecule has 0 atom stereocenters. The van der Waals surface area contributed by atoms with E-state index in [1.54, 1.807) is 37.6 Å². The van der Waals surface area contributed by atoms with Crippen LogP contribution in [0.5, 0.6) is 5.75 Å². The normalized spacial score (nSPS) is 10.1. The van der Waals surface area contributed by atoms with Crippen molar-refractivity contribution in [1.82, 2.24) is 4.98 Å². The van der Waals surface area contributed by atoms with Crippen LogP contribution in [0.1, 0.15) is 15.9 Å². The largest absolute Gasteiger partial charge is 0.495 e. The molecule has 98 valence electrons. The molecule has 1 amide bonds. The van der Waals surface area contributed by atoms with Gasteiger partial charge in [0.05, 0.1) is 18.4 Å². The van der Waals surface area contributed by atoms with Crippen molar-refractivity contribution in [3.8, 4) is 5.75 Å². The number of ether oxygens (including phenoxy) is 1. The maximum atomic E-state index is 12.0. The molecular formula is C14H13ClN2O2. The zero-order chi connectivity index (χ0) is 13.8. The quantitative estimate of drug-likeness (QED) is 0.936. The number of methoxy groups -OCH3 is 1. The van der Waals surface area contributed by atoms with E-state index >= 15 is 0 Å². The Morgan fingerprint density at radius 2 is 2.21 bits per heavy atom. The third-order valence-corrected chi connectivity index (χ3v) is 3.06. The molecule has 0 aliphatic carbocycles. The highest BCUT2D eigenvalue weighted by molar-refractivity contribution is 6.31. The van der Waals surface area contributed by atoms with Gasteiger partial charge < -0.3 is 10.1 Å². The summed E-state index contributed by atoms with van der Waals surface area (Å²) >= 11 is 6.05. The van der Waals surface area contributed by atoms with E-state index in [1.807, 2.05) is 6.92 Å². The number of benzene rings is 1. The van der Waals surface area contributed by atoms with Crippen molar-refractivity contribution < 1.29 is 9.53 Å². The Hall–Kier alpha value is -2.07. The van der Waals surface area contributed by atoms with E-state index in [2.05, 4.69) is 10.3 Å². The van der Waals surface area contributed by atoms with Crippen LogP contribution in [-0.4, -0.2) is 18.0 Å². The molecule has 19 heavy (non-hydrogen) atoms. The van der Waals surface area contributed by atoms with E-state index in [-0.39, 0.29) is 5.91 Å². The smallest absolute Gasteiger partial charge is 0.257 e. The number of anilines is 1. The molecule has 4 nitrogen and oxygen atoms in total. The Kier molecular flexibility index (Phi) is 4.02. The molecule has 2 rings (SSSR count). The fourth-order valence-corrected chi connectivity index (χ4v) is 1.78. The zero-order valence-electron chi connectivity index (χ0n) is 10.6. The second-order valence-corrected chi connectivity index (χ2v) is 4.40. The van der Waals surface area contributed by atoms with Gasteiger partial charge in [-0.25, -0.2) is 0 Å². The van der Waals surface area contributed by atoms with Crippen molar-refractivity contribution in [3.05, 3.63) is 52.8 Å². The van der Waals surface area contributed by atoms with Crippen LogP contribution in [0.3, 0.4) is 0 Å². The van der Waals surface area contributed by atoms with Gasteiger partial charge in [-0.2, -0.15) is 0 Å². The third kappa shape index (κ3) is 3.03. The van der Waals surface area contributed by atoms with Gasteiger partial charge >= 0.3 is 0 Å². The number of nitrogens with zero attached hydrogens (tertiary/aromatic N) is 1. The van der Waals surface area contributed by atoms with Gasteiger partial charge in [0.25, 0.3) is 5.91 Å². The Morgan fingerprint density at radius 3 is 2.84 bits per heavy atom. The number of rotatable bonds is 3. The highest BCUT2D eigenvalue weighted by Gasteiger charge is 2.11. The van der Waals surface area contributed by atoms with Crippen molar-refractivity contribution in [2.75, 3.05) is 12.4 Å². The summed E-state index contributed by atoms with van der Waals surface area (Å²) in [6.45, 7) is 1.87. The van der Waals surface area contributed by atoms with E-state index in [0.29, 0.717) is 22.0 Å². The highest BCUT2D eigenvalue weighted by Crippen LogP contribution is 2.31. The summed E-state index contributed by atoms with van der Waals surface area (Å²) in [6.07, 6.45) is 3.11. The van der Waals surface area contributed by atoms with E-state index in [0.717, 1.165) is 5.56 Å². The predicted molar refractivity (Wildman–Crippen MR) is 74.9 cm³/mol. The summed E-state index contributed by atoms with van der Waals surface area (Å²) in [5, 5.41) is 3.33. The summed E-state index contributed by atoms with van der Waals surface area (Å²) in [5.74, 6) is 0.311. The molecule has 0 bridgehead atoms. The number of nitrogens with one attached hydrogen (secondary N) is 1. The topological polar surface area (TPSA) is 51.2 Å². The maximum absolute atomic E-state index is 12.0. The molecule has 1 N–H and O–H groups in total. The number of hydrogen-bond acceptors (Lipinski definition) is 3. The van der Waals surface area contributed by atoms with E-state index < -0.39 is 0 Å². The summed E-state index contributed by atoms with van der Waals surface area (Å²) < 4.78 is 5.23. The minimum atomic E-state index is -0.258. The fourth-order valence-electron chi connectivity index (χ4n) is 1.61. The first-order valence-electron chi connectivity index (χ1n) is 5.67. The van der Waals surface area contributed by atoms with Crippen molar-refractivity contribution in [1.29, 1.82) is 0 Å². The SMILES string of the molecule is COc1cc(C)c(Cl)cc1NC(=O)c1cccnc1. The van der Waals surface area contributed by atoms with Crippen LogP contribution in [-0.2, 0) is 0 Å². The highest BCUT2D eigenvalue weighted by atomic mass is 35.5. The average Bonchev–Trinajstić information content (AvgIpc) is 2.43. The number of halogens is 1. The molecule has 0 fully saturated rings. The van der Waals surface area contributed by atoms with Crippen molar-refractivity contribution >= 4 is 23.2 Å². The van der Waals surface area contributed by atoms with Gasteiger partial charge in [0.2, 0.25) is 0 Å². The average molecular weight is 277 g/mol. The second kappa shape index (κ2) is 5.71. The van der Waals surface area contributed by atoms with Crippen LogP contribution in [0.25, 0.3) is 0 Å². The molecule has 1 aromatic heterocycles. The number of carbonyl (C=O) groups is 1. The monoisotopic (exact) mass is 276 g/mol. The molecule has 0 unspecified atom stereocenters. The van der Waals surface area contributed by atoms with E-state index in [4.69, 9.17) is 16.3 Å². The number of pyridine rings is 1. The minimum absolute atomic E-state index is 0.258. The van der Waals surface area contributed by atoms with Crippen molar-refractivity contribution in [3.63, 3.8) is 0 Å². The summed E-state index contributed by atoms with van der Waals surface area (Å²) in [7, 11) is 1.54. The first-order chi connectivity index (χ1) is 9.11. The molecule has 1 aromatic carbocycles. The molecule has 0 aliphatic rings. The second-order valence-electron chi connectivity index (χ2n) is 4.00. The Bertz CT molecular complexity index is 600. The van der Waals surface area contributed by atoms with Crippen LogP contribution >= 0.6 is 11.6 Å². The van der Waals surface area contributed by atoms with Gasteiger partial charge in [0, 0.05) is 17.4 Å². The fraction of sp³-hybridized carbons (Fsp3) is 0.143. The summed E-state index contributed by atoms with van der Waals surface area (Å²) in [6, 6.07) is 6.84. The number of amides is 1. The Morgan fingerprint density at radius 1 is 1.42 bits per heavy atom. The van der Waals surface area contributed by atoms with Gasteiger partial charge in [0.1, 0.15) is 5.75 Å². The summed E-state index contributed by atoms with van der Waals surface area (Å²) in [4.78, 5) is 15.9. The number of hydrogen-bond donors (Lipinski definition) is 1. The lowest BCUT2D eigenvalue weighted by atomic mass is 10.2. The van der Waals surface area contributed by atoms with E-state index in [9.17, 15) is 4.79 Å². The van der Waals surface area contributed by atoms with Crippen LogP contribution in [0.4, 0.5) is 5.69 Å². The molecule has 1 heterocycles. The molecule has 2 aromatic rings. The van der Waals surface area contributed by atoms with Gasteiger partial charge in [-0.1, -0.05) is 11.6 Å². The first kappa shape index (κ1) is 13.4. The Balaban J connectivity index is 2.28. The van der Waals surface area contributed by atoms with Gasteiger partial charge in [0.15, 0.2) is 0 Å². The third-order valence-electron chi connectivity index (χ3n) is 2.65. The van der Waals surface area contributed by atoms with Crippen molar-refractivity contribution in [2.24, 2.45) is 0 Å².